The number of alkyl halides is 1. The Hall–Kier alpha value is -1.87. The summed E-state index contributed by atoms with van der Waals surface area (Å²) in [6, 6.07) is 0. The first-order valence-corrected chi connectivity index (χ1v) is 9.40. The summed E-state index contributed by atoms with van der Waals surface area (Å²) in [5.74, 6) is -0.146. The highest BCUT2D eigenvalue weighted by molar-refractivity contribution is 14.1. The van der Waals surface area contributed by atoms with Crippen molar-refractivity contribution in [2.24, 2.45) is 0 Å². The van der Waals surface area contributed by atoms with E-state index in [0.717, 1.165) is 15.7 Å². The van der Waals surface area contributed by atoms with Crippen LogP contribution in [0.3, 0.4) is 0 Å². The van der Waals surface area contributed by atoms with Crippen LogP contribution in [0.1, 0.15) is 12.6 Å². The number of nitrogens with one attached hydrogen (secondary N) is 2. The molecule has 1 aromatic rings. The third-order valence-electron chi connectivity index (χ3n) is 3.37. The lowest BCUT2D eigenvalue weighted by atomic mass is 10.2. The minimum Gasteiger partial charge on any atom is -0.390 e. The molecule has 1 heterocycles. The molecule has 0 atom stereocenters. The van der Waals surface area contributed by atoms with Crippen molar-refractivity contribution in [3.63, 3.8) is 0 Å². The lowest BCUT2D eigenvalue weighted by Crippen LogP contribution is -2.27. The van der Waals surface area contributed by atoms with Gasteiger partial charge in [-0.25, -0.2) is 4.98 Å². The first kappa shape index (κ1) is 21.2. The minimum absolute atomic E-state index is 0.140. The van der Waals surface area contributed by atoms with Gasteiger partial charge in [-0.2, -0.15) is 0 Å². The van der Waals surface area contributed by atoms with Gasteiger partial charge in [0.2, 0.25) is 5.91 Å². The Labute approximate surface area is 162 Å². The van der Waals surface area contributed by atoms with E-state index in [1.807, 2.05) is 12.2 Å². The van der Waals surface area contributed by atoms with Crippen LogP contribution in [0, 0.1) is 0 Å². The molecule has 0 unspecified atom stereocenters. The summed E-state index contributed by atoms with van der Waals surface area (Å²) in [5, 5.41) is 12.4. The minimum atomic E-state index is -0.146. The van der Waals surface area contributed by atoms with Gasteiger partial charge in [0.05, 0.1) is 12.9 Å². The lowest BCUT2D eigenvalue weighted by Gasteiger charge is -2.18. The van der Waals surface area contributed by atoms with Crippen molar-refractivity contribution in [1.82, 2.24) is 20.2 Å². The molecule has 6 nitrogen and oxygen atoms in total. The molecule has 1 rings (SSSR count). The molecule has 0 bridgehead atoms. The maximum Gasteiger partial charge on any atom is 0.248 e. The second-order valence-corrected chi connectivity index (χ2v) is 6.31. The number of amides is 1. The van der Waals surface area contributed by atoms with E-state index in [9.17, 15) is 9.90 Å². The Morgan fingerprint density at radius 3 is 2.92 bits per heavy atom. The summed E-state index contributed by atoms with van der Waals surface area (Å²) in [7, 11) is 1.79. The molecule has 0 radical (unpaired) electrons. The van der Waals surface area contributed by atoms with Crippen LogP contribution in [-0.4, -0.2) is 50.5 Å². The number of H-pyrrole nitrogens is 1. The lowest BCUT2D eigenvalue weighted by molar-refractivity contribution is -0.117. The number of allylic oxidation sites excluding steroid dienone is 4. The molecule has 0 aliphatic rings. The zero-order chi connectivity index (χ0) is 18.7. The maximum atomic E-state index is 12.1. The molecule has 0 saturated carbocycles. The third-order valence-corrected chi connectivity index (χ3v) is 3.88. The predicted molar refractivity (Wildman–Crippen MR) is 109 cm³/mol. The number of aromatic amines is 1. The molecule has 3 N–H and O–H groups in total. The summed E-state index contributed by atoms with van der Waals surface area (Å²) in [4.78, 5) is 20.8. The molecular weight excluding hydrogens is 431 g/mol. The van der Waals surface area contributed by atoms with Gasteiger partial charge in [-0.3, -0.25) is 4.79 Å². The van der Waals surface area contributed by atoms with Crippen LogP contribution in [0.4, 0.5) is 0 Å². The molecule has 0 aliphatic carbocycles. The van der Waals surface area contributed by atoms with Gasteiger partial charge in [-0.15, -0.1) is 0 Å². The highest BCUT2D eigenvalue weighted by Gasteiger charge is 2.07. The zero-order valence-corrected chi connectivity index (χ0v) is 16.8. The van der Waals surface area contributed by atoms with E-state index in [1.165, 1.54) is 0 Å². The average Bonchev–Trinajstić information content (AvgIpc) is 3.10. The van der Waals surface area contributed by atoms with Gasteiger partial charge >= 0.3 is 0 Å². The van der Waals surface area contributed by atoms with Crippen molar-refractivity contribution in [2.75, 3.05) is 24.6 Å². The molecule has 7 heteroatoms. The molecule has 1 amide bonds. The van der Waals surface area contributed by atoms with E-state index >= 15 is 0 Å². The number of rotatable bonds is 10. The number of carbonyl (C=O) groups is 1. The molecule has 0 saturated heterocycles. The van der Waals surface area contributed by atoms with Crippen LogP contribution in [0.2, 0.25) is 0 Å². The Kier molecular flexibility index (Phi) is 9.86. The summed E-state index contributed by atoms with van der Waals surface area (Å²) >= 11 is 2.25. The van der Waals surface area contributed by atoms with Crippen molar-refractivity contribution in [2.45, 2.75) is 13.3 Å². The van der Waals surface area contributed by atoms with E-state index in [1.54, 1.807) is 43.7 Å². The number of likely N-dealkylation sites (N-methyl/N-ethyl adjacent to an activating group) is 1. The van der Waals surface area contributed by atoms with Crippen molar-refractivity contribution < 1.29 is 9.90 Å². The van der Waals surface area contributed by atoms with Gasteiger partial charge in [0.15, 0.2) is 0 Å². The second kappa shape index (κ2) is 11.6. The first-order valence-electron chi connectivity index (χ1n) is 7.87. The fraction of sp³-hybridized carbons (Fsp3) is 0.333. The molecule has 0 spiro atoms. The van der Waals surface area contributed by atoms with Crippen LogP contribution in [0.25, 0.3) is 0 Å². The molecule has 136 valence electrons. The molecule has 0 fully saturated rings. The van der Waals surface area contributed by atoms with Gasteiger partial charge in [0.1, 0.15) is 0 Å². The third kappa shape index (κ3) is 8.17. The van der Waals surface area contributed by atoms with Crippen LogP contribution >= 0.6 is 22.6 Å². The van der Waals surface area contributed by atoms with E-state index in [-0.39, 0.29) is 12.5 Å². The molecule has 0 aromatic carbocycles. The second-order valence-electron chi connectivity index (χ2n) is 5.43. The molecule has 25 heavy (non-hydrogen) atoms. The largest absolute Gasteiger partial charge is 0.390 e. The number of halogens is 1. The summed E-state index contributed by atoms with van der Waals surface area (Å²) in [6.07, 6.45) is 11.4. The fourth-order valence-corrected chi connectivity index (χ4v) is 2.27. The normalized spacial score (nSPS) is 12.5. The van der Waals surface area contributed by atoms with Gasteiger partial charge < -0.3 is 20.3 Å². The van der Waals surface area contributed by atoms with Crippen LogP contribution in [0.15, 0.2) is 60.4 Å². The summed E-state index contributed by atoms with van der Waals surface area (Å²) < 4.78 is 0.895. The quantitative estimate of drug-likeness (QED) is 0.219. The SMILES string of the molecule is C=C(/C=C\CI)/C=C(\CO)N(C)/C=C(\C)C(=O)NCCc1cnc[nH]1. The number of nitrogens with zero attached hydrogens (tertiary/aromatic N) is 2. The maximum absolute atomic E-state index is 12.1. The highest BCUT2D eigenvalue weighted by atomic mass is 127. The summed E-state index contributed by atoms with van der Waals surface area (Å²) in [5.41, 5.74) is 2.98. The number of hydrogen-bond donors (Lipinski definition) is 3. The Morgan fingerprint density at radius 2 is 2.32 bits per heavy atom. The number of aliphatic hydroxyl groups is 1. The number of carbonyl (C=O) groups excluding carboxylic acids is 1. The van der Waals surface area contributed by atoms with Crippen LogP contribution < -0.4 is 5.32 Å². The predicted octanol–water partition coefficient (Wildman–Crippen LogP) is 2.33. The van der Waals surface area contributed by atoms with E-state index in [4.69, 9.17) is 0 Å². The number of imidazole rings is 1. The van der Waals surface area contributed by atoms with E-state index in [2.05, 4.69) is 44.5 Å². The van der Waals surface area contributed by atoms with Crippen molar-refractivity contribution >= 4 is 28.5 Å². The van der Waals surface area contributed by atoms with Crippen molar-refractivity contribution in [3.05, 3.63) is 66.1 Å². The first-order chi connectivity index (χ1) is 12.0. The van der Waals surface area contributed by atoms with Gasteiger partial charge in [0, 0.05) is 53.8 Å². The van der Waals surface area contributed by atoms with Crippen LogP contribution in [-0.2, 0) is 11.2 Å². The van der Waals surface area contributed by atoms with Gasteiger partial charge in [-0.05, 0) is 18.6 Å². The van der Waals surface area contributed by atoms with E-state index in [0.29, 0.717) is 24.2 Å². The standard InChI is InChI=1S/C18H25IN4O2/c1-14(5-4-7-19)9-17(12-24)23(3)11-15(2)18(25)21-8-6-16-10-20-13-22-16/h4-5,9-11,13,24H,1,6-8,12H2,2-3H3,(H,20,22)(H,21,25)/b5-4-,15-11+,17-9+. The van der Waals surface area contributed by atoms with Crippen LogP contribution in [0.5, 0.6) is 0 Å². The molecular formula is C18H25IN4O2. The Morgan fingerprint density at radius 1 is 1.56 bits per heavy atom. The smallest absolute Gasteiger partial charge is 0.248 e. The van der Waals surface area contributed by atoms with Gasteiger partial charge in [-0.1, -0.05) is 41.3 Å². The molecule has 0 aliphatic heterocycles. The van der Waals surface area contributed by atoms with Crippen molar-refractivity contribution in [3.8, 4) is 0 Å². The Bertz CT molecular complexity index is 648. The Balaban J connectivity index is 2.61. The van der Waals surface area contributed by atoms with E-state index < -0.39 is 0 Å². The average molecular weight is 456 g/mol. The molecule has 1 aromatic heterocycles. The highest BCUT2D eigenvalue weighted by Crippen LogP contribution is 2.09. The zero-order valence-electron chi connectivity index (χ0n) is 14.6. The summed E-state index contributed by atoms with van der Waals surface area (Å²) in [6.45, 7) is 6.05. The van der Waals surface area contributed by atoms with Gasteiger partial charge in [0.25, 0.3) is 0 Å². The topological polar surface area (TPSA) is 81.2 Å². The number of aromatic nitrogens is 2. The van der Waals surface area contributed by atoms with Crippen molar-refractivity contribution in [1.29, 1.82) is 0 Å². The fourth-order valence-electron chi connectivity index (χ4n) is 2.02. The monoisotopic (exact) mass is 456 g/mol. The number of aliphatic hydroxyl groups excluding tert-OH is 1. The number of hydrogen-bond acceptors (Lipinski definition) is 4.